The van der Waals surface area contributed by atoms with E-state index in [1.165, 1.54) is 12.1 Å². The first-order valence-corrected chi connectivity index (χ1v) is 5.21. The lowest BCUT2D eigenvalue weighted by Crippen LogP contribution is -2.71. The average Bonchev–Trinajstić information content (AvgIpc) is 2.30. The third kappa shape index (κ3) is 3.31. The summed E-state index contributed by atoms with van der Waals surface area (Å²) in [4.78, 5) is 2.97. The van der Waals surface area contributed by atoms with Gasteiger partial charge < -0.3 is 0 Å². The van der Waals surface area contributed by atoms with Crippen molar-refractivity contribution < 1.29 is 9.38 Å². The second kappa shape index (κ2) is 5.12. The lowest BCUT2D eigenvalue weighted by molar-refractivity contribution is -0.354. The highest BCUT2D eigenvalue weighted by Gasteiger charge is 2.02. The molecule has 3 nitrogen and oxygen atoms in total. The van der Waals surface area contributed by atoms with Crippen LogP contribution >= 0.6 is 0 Å². The molecule has 0 saturated heterocycles. The Hall–Kier alpha value is -2.36. The van der Waals surface area contributed by atoms with Crippen LogP contribution in [0.25, 0.3) is 0 Å². The molecule has 86 valence electrons. The summed E-state index contributed by atoms with van der Waals surface area (Å²) in [5, 5.41) is 2.87. The van der Waals surface area contributed by atoms with Crippen LogP contribution < -0.4 is 16.0 Å². The van der Waals surface area contributed by atoms with E-state index in [0.717, 1.165) is 5.69 Å². The maximum absolute atomic E-state index is 12.9. The predicted molar refractivity (Wildman–Crippen MR) is 66.3 cm³/mol. The lowest BCUT2D eigenvalue weighted by Gasteiger charge is -1.99. The largest absolute Gasteiger partial charge is 0.350 e. The molecule has 2 rings (SSSR count). The van der Waals surface area contributed by atoms with Gasteiger partial charge in [0.25, 0.3) is 0 Å². The van der Waals surface area contributed by atoms with Crippen molar-refractivity contribution in [1.29, 1.82) is 0 Å². The van der Waals surface area contributed by atoms with Gasteiger partial charge in [0.2, 0.25) is 0 Å². The molecule has 0 fully saturated rings. The van der Waals surface area contributed by atoms with Gasteiger partial charge in [-0.1, -0.05) is 24.3 Å². The van der Waals surface area contributed by atoms with Gasteiger partial charge in [-0.15, -0.1) is 0 Å². The summed E-state index contributed by atoms with van der Waals surface area (Å²) in [6.07, 6.45) is 0. The van der Waals surface area contributed by atoms with Gasteiger partial charge in [0.1, 0.15) is 11.5 Å². The van der Waals surface area contributed by atoms with Gasteiger partial charge in [0, 0.05) is 6.07 Å². The zero-order valence-corrected chi connectivity index (χ0v) is 9.15. The number of rotatable bonds is 2. The summed E-state index contributed by atoms with van der Waals surface area (Å²) in [6, 6.07) is 15.6. The molecule has 0 atom stereocenters. The van der Waals surface area contributed by atoms with Gasteiger partial charge >= 0.3 is 5.96 Å². The summed E-state index contributed by atoms with van der Waals surface area (Å²) in [5.41, 5.74) is 7.23. The van der Waals surface area contributed by atoms with Crippen LogP contribution in [-0.2, 0) is 0 Å². The molecule has 4 N–H and O–H groups in total. The molecule has 17 heavy (non-hydrogen) atoms. The van der Waals surface area contributed by atoms with E-state index in [1.807, 2.05) is 30.3 Å². The summed E-state index contributed by atoms with van der Waals surface area (Å²) < 4.78 is 12.9. The van der Waals surface area contributed by atoms with E-state index in [0.29, 0.717) is 11.6 Å². The molecule has 0 heterocycles. The molecule has 0 aromatic heterocycles. The summed E-state index contributed by atoms with van der Waals surface area (Å²) in [7, 11) is 0. The van der Waals surface area contributed by atoms with E-state index < -0.39 is 0 Å². The van der Waals surface area contributed by atoms with Crippen molar-refractivity contribution in [2.45, 2.75) is 0 Å². The number of halogens is 1. The molecular weight excluding hydrogens is 217 g/mol. The molecule has 0 saturated carbocycles. The van der Waals surface area contributed by atoms with Crippen LogP contribution in [0.4, 0.5) is 15.8 Å². The molecule has 0 radical (unpaired) electrons. The third-order valence-electron chi connectivity index (χ3n) is 2.16. The second-order valence-electron chi connectivity index (χ2n) is 3.54. The van der Waals surface area contributed by atoms with Crippen molar-refractivity contribution in [2.75, 3.05) is 5.32 Å². The number of nitrogens with one attached hydrogen (secondary N) is 2. The Balaban J connectivity index is 2.12. The molecular formula is C13H13FN3+. The minimum absolute atomic E-state index is 0.303. The van der Waals surface area contributed by atoms with Crippen LogP contribution in [0, 0.1) is 5.82 Å². The van der Waals surface area contributed by atoms with Gasteiger partial charge in [0.05, 0.1) is 5.69 Å². The Bertz CT molecular complexity index is 523. The topological polar surface area (TPSA) is 52.0 Å². The molecule has 0 aliphatic carbocycles. The van der Waals surface area contributed by atoms with Gasteiger partial charge in [-0.3, -0.25) is 5.73 Å². The van der Waals surface area contributed by atoms with Crippen LogP contribution in [0.2, 0.25) is 0 Å². The van der Waals surface area contributed by atoms with Crippen molar-refractivity contribution in [3.05, 3.63) is 60.4 Å². The Morgan fingerprint density at radius 1 is 1.06 bits per heavy atom. The van der Waals surface area contributed by atoms with Crippen LogP contribution in [-0.4, -0.2) is 5.96 Å². The van der Waals surface area contributed by atoms with Gasteiger partial charge in [-0.25, -0.2) is 14.7 Å². The highest BCUT2D eigenvalue weighted by atomic mass is 19.1. The molecule has 2 aromatic rings. The summed E-state index contributed by atoms with van der Waals surface area (Å²) in [6.45, 7) is 0. The van der Waals surface area contributed by atoms with E-state index in [2.05, 4.69) is 10.3 Å². The number of benzene rings is 2. The fraction of sp³-hybridized carbons (Fsp3) is 0. The smallest absolute Gasteiger partial charge is 0.290 e. The maximum Gasteiger partial charge on any atom is 0.350 e. The minimum atomic E-state index is -0.303. The van der Waals surface area contributed by atoms with Crippen LogP contribution in [0.5, 0.6) is 0 Å². The third-order valence-corrected chi connectivity index (χ3v) is 2.16. The fourth-order valence-electron chi connectivity index (χ4n) is 1.43. The Morgan fingerprint density at radius 2 is 1.82 bits per heavy atom. The molecule has 0 aliphatic heterocycles. The first kappa shape index (κ1) is 11.1. The standard InChI is InChI=1S/C13H12FN3/c14-10-5-4-8-12(9-10)17-13(15)16-11-6-2-1-3-7-11/h1-9H,(H3,15,16,17)/p+1. The number of hydrogen-bond donors (Lipinski definition) is 3. The number of anilines is 1. The van der Waals surface area contributed by atoms with Crippen LogP contribution in [0.1, 0.15) is 0 Å². The van der Waals surface area contributed by atoms with Crippen molar-refractivity contribution >= 4 is 17.3 Å². The van der Waals surface area contributed by atoms with E-state index in [-0.39, 0.29) is 5.82 Å². The Labute approximate surface area is 98.8 Å². The number of hydrogen-bond acceptors (Lipinski definition) is 0. The monoisotopic (exact) mass is 230 g/mol. The van der Waals surface area contributed by atoms with Gasteiger partial charge in [-0.05, 0) is 24.3 Å². The highest BCUT2D eigenvalue weighted by Crippen LogP contribution is 2.07. The number of para-hydroxylation sites is 1. The zero-order valence-electron chi connectivity index (χ0n) is 9.15. The van der Waals surface area contributed by atoms with Gasteiger partial charge in [0.15, 0.2) is 0 Å². The first-order chi connectivity index (χ1) is 8.24. The maximum atomic E-state index is 12.9. The van der Waals surface area contributed by atoms with E-state index >= 15 is 0 Å². The number of nitrogens with two attached hydrogens (primary N) is 1. The minimum Gasteiger partial charge on any atom is -0.290 e. The quantitative estimate of drug-likeness (QED) is 0.532. The zero-order chi connectivity index (χ0) is 12.1. The van der Waals surface area contributed by atoms with Crippen molar-refractivity contribution in [3.63, 3.8) is 0 Å². The summed E-state index contributed by atoms with van der Waals surface area (Å²) in [5.74, 6) is 0.0457. The fourth-order valence-corrected chi connectivity index (χ4v) is 1.43. The SMILES string of the molecule is NC(Nc1cccc(F)c1)=[NH+]c1ccccc1. The molecule has 0 aliphatic rings. The van der Waals surface area contributed by atoms with Crippen LogP contribution in [0.15, 0.2) is 54.6 Å². The highest BCUT2D eigenvalue weighted by molar-refractivity contribution is 5.88. The van der Waals surface area contributed by atoms with Crippen molar-refractivity contribution in [1.82, 2.24) is 0 Å². The Morgan fingerprint density at radius 3 is 2.53 bits per heavy atom. The molecule has 0 unspecified atom stereocenters. The van der Waals surface area contributed by atoms with Crippen molar-refractivity contribution in [2.24, 2.45) is 5.73 Å². The second-order valence-corrected chi connectivity index (χ2v) is 3.54. The molecule has 2 aromatic carbocycles. The van der Waals surface area contributed by atoms with Gasteiger partial charge in [-0.2, -0.15) is 0 Å². The van der Waals surface area contributed by atoms with E-state index in [4.69, 9.17) is 5.73 Å². The lowest BCUT2D eigenvalue weighted by atomic mass is 10.3. The van der Waals surface area contributed by atoms with Crippen LogP contribution in [0.3, 0.4) is 0 Å². The molecule has 4 heteroatoms. The van der Waals surface area contributed by atoms with Crippen molar-refractivity contribution in [3.8, 4) is 0 Å². The summed E-state index contributed by atoms with van der Waals surface area (Å²) >= 11 is 0. The molecule has 0 amide bonds. The first-order valence-electron chi connectivity index (χ1n) is 5.21. The Kier molecular flexibility index (Phi) is 3.35. The molecule has 0 bridgehead atoms. The molecule has 0 spiro atoms. The van der Waals surface area contributed by atoms with E-state index in [1.54, 1.807) is 12.1 Å². The predicted octanol–water partition coefficient (Wildman–Crippen LogP) is 0.965. The normalized spacial score (nSPS) is 11.2. The average molecular weight is 230 g/mol. The van der Waals surface area contributed by atoms with E-state index in [9.17, 15) is 4.39 Å². The number of guanidine groups is 1.